The third-order valence-electron chi connectivity index (χ3n) is 5.62. The molecule has 5 amide bonds. The summed E-state index contributed by atoms with van der Waals surface area (Å²) >= 11 is 0. The molecule has 16 nitrogen and oxygen atoms in total. The van der Waals surface area contributed by atoms with Gasteiger partial charge in [-0.15, -0.1) is 0 Å². The maximum atomic E-state index is 13.1. The van der Waals surface area contributed by atoms with Crippen LogP contribution >= 0.6 is 0 Å². The number of aromatic hydroxyl groups is 1. The van der Waals surface area contributed by atoms with Gasteiger partial charge in [0.1, 0.15) is 23.9 Å². The first-order valence-electron chi connectivity index (χ1n) is 12.1. The van der Waals surface area contributed by atoms with Crippen LogP contribution in [-0.2, 0) is 40.0 Å². The van der Waals surface area contributed by atoms with Crippen molar-refractivity contribution in [2.45, 2.75) is 69.1 Å². The number of phenolic OH excluding ortho intramolecular Hbond substituents is 1. The van der Waals surface area contributed by atoms with E-state index in [0.717, 1.165) is 0 Å². The Morgan fingerprint density at radius 3 is 1.68 bits per heavy atom. The molecule has 0 fully saturated rings. The molecule has 0 aromatic heterocycles. The first-order chi connectivity index (χ1) is 18.7. The number of hydrogen-bond donors (Lipinski definition) is 9. The molecule has 0 spiro atoms. The summed E-state index contributed by atoms with van der Waals surface area (Å²) in [6.45, 7) is 0. The summed E-state index contributed by atoms with van der Waals surface area (Å²) in [5.41, 5.74) is 16.3. The second-order valence-corrected chi connectivity index (χ2v) is 8.94. The zero-order valence-corrected chi connectivity index (χ0v) is 21.5. The Balaban J connectivity index is 3.17. The van der Waals surface area contributed by atoms with Crippen LogP contribution in [0.4, 0.5) is 0 Å². The number of phenols is 1. The fourth-order valence-electron chi connectivity index (χ4n) is 3.41. The molecule has 1 rings (SSSR count). The molecule has 4 unspecified atom stereocenters. The highest BCUT2D eigenvalue weighted by Gasteiger charge is 2.31. The van der Waals surface area contributed by atoms with Gasteiger partial charge in [-0.1, -0.05) is 12.1 Å². The summed E-state index contributed by atoms with van der Waals surface area (Å²) < 4.78 is 0. The fraction of sp³-hybridized carbons (Fsp3) is 0.458. The lowest BCUT2D eigenvalue weighted by atomic mass is 10.0. The number of carboxylic acids is 2. The molecule has 0 aliphatic rings. The SMILES string of the molecule is NC(=O)CCC(N)C(=O)NC(CCC(=O)O)C(=O)NC(Cc1ccc(O)cc1)C(=O)NC(CCC(N)=O)C(=O)O. The summed E-state index contributed by atoms with van der Waals surface area (Å²) in [4.78, 5) is 83.5. The minimum absolute atomic E-state index is 0.0738. The standard InChI is InChI=1S/C24H34N6O10/c25-14(5-8-18(26)32)21(36)28-15(7-10-20(34)35)22(37)30-17(11-12-1-3-13(31)4-2-12)23(38)29-16(24(39)40)6-9-19(27)33/h1-4,14-17,31H,5-11,25H2,(H2,26,32)(H2,27,33)(H,28,36)(H,29,38)(H,30,37)(H,34,35)(H,39,40). The maximum absolute atomic E-state index is 13.1. The highest BCUT2D eigenvalue weighted by atomic mass is 16.4. The average molecular weight is 567 g/mol. The molecule has 40 heavy (non-hydrogen) atoms. The number of nitrogens with one attached hydrogen (secondary N) is 3. The number of aliphatic carboxylic acids is 2. The summed E-state index contributed by atoms with van der Waals surface area (Å²) in [7, 11) is 0. The van der Waals surface area contributed by atoms with Gasteiger partial charge in [0.05, 0.1) is 6.04 Å². The first-order valence-corrected chi connectivity index (χ1v) is 12.1. The van der Waals surface area contributed by atoms with Crippen molar-refractivity contribution in [3.63, 3.8) is 0 Å². The lowest BCUT2D eigenvalue weighted by Crippen LogP contribution is -2.57. The maximum Gasteiger partial charge on any atom is 0.326 e. The molecule has 0 bridgehead atoms. The van der Waals surface area contributed by atoms with E-state index < -0.39 is 72.1 Å². The Hall–Kier alpha value is -4.73. The lowest BCUT2D eigenvalue weighted by Gasteiger charge is -2.25. The number of amides is 5. The number of nitrogens with two attached hydrogens (primary N) is 3. The largest absolute Gasteiger partial charge is 0.508 e. The van der Waals surface area contributed by atoms with Gasteiger partial charge in [0.15, 0.2) is 0 Å². The van der Waals surface area contributed by atoms with E-state index in [1.165, 1.54) is 24.3 Å². The minimum Gasteiger partial charge on any atom is -0.508 e. The molecule has 1 aromatic carbocycles. The molecule has 0 saturated heterocycles. The predicted octanol–water partition coefficient (Wildman–Crippen LogP) is -2.80. The zero-order valence-electron chi connectivity index (χ0n) is 21.5. The van der Waals surface area contributed by atoms with Gasteiger partial charge in [0.25, 0.3) is 0 Å². The number of carboxylic acid groups (broad SMARTS) is 2. The monoisotopic (exact) mass is 566 g/mol. The Kier molecular flexibility index (Phi) is 13.6. The van der Waals surface area contributed by atoms with Gasteiger partial charge >= 0.3 is 11.9 Å². The second-order valence-electron chi connectivity index (χ2n) is 8.94. The number of carbonyl (C=O) groups excluding carboxylic acids is 5. The normalized spacial score (nSPS) is 13.6. The van der Waals surface area contributed by atoms with Crippen molar-refractivity contribution in [3.8, 4) is 5.75 Å². The van der Waals surface area contributed by atoms with Crippen LogP contribution < -0.4 is 33.2 Å². The second kappa shape index (κ2) is 16.3. The van der Waals surface area contributed by atoms with E-state index >= 15 is 0 Å². The third kappa shape index (κ3) is 12.7. The van der Waals surface area contributed by atoms with Gasteiger partial charge in [-0.25, -0.2) is 4.79 Å². The van der Waals surface area contributed by atoms with Crippen LogP contribution in [0, 0.1) is 0 Å². The van der Waals surface area contributed by atoms with Crippen LogP contribution in [0.25, 0.3) is 0 Å². The van der Waals surface area contributed by atoms with Gasteiger partial charge in [0.2, 0.25) is 29.5 Å². The average Bonchev–Trinajstić information content (AvgIpc) is 2.87. The molecule has 0 aliphatic carbocycles. The highest BCUT2D eigenvalue weighted by molar-refractivity contribution is 5.94. The summed E-state index contributed by atoms with van der Waals surface area (Å²) in [5, 5.41) is 34.9. The van der Waals surface area contributed by atoms with Crippen molar-refractivity contribution in [2.75, 3.05) is 0 Å². The Bertz CT molecular complexity index is 1090. The molecule has 0 heterocycles. The van der Waals surface area contributed by atoms with E-state index in [4.69, 9.17) is 22.3 Å². The van der Waals surface area contributed by atoms with Gasteiger partial charge in [0, 0.05) is 25.7 Å². The minimum atomic E-state index is -1.52. The van der Waals surface area contributed by atoms with Crippen LogP contribution in [0.5, 0.6) is 5.75 Å². The zero-order chi connectivity index (χ0) is 30.4. The quantitative estimate of drug-likeness (QED) is 0.0873. The van der Waals surface area contributed by atoms with E-state index in [9.17, 15) is 43.8 Å². The van der Waals surface area contributed by atoms with Crippen molar-refractivity contribution in [3.05, 3.63) is 29.8 Å². The molecule has 0 radical (unpaired) electrons. The van der Waals surface area contributed by atoms with Crippen LogP contribution in [-0.4, -0.2) is 81.0 Å². The molecule has 16 heteroatoms. The van der Waals surface area contributed by atoms with E-state index in [1.54, 1.807) is 0 Å². The third-order valence-corrected chi connectivity index (χ3v) is 5.62. The van der Waals surface area contributed by atoms with E-state index in [1.807, 2.05) is 0 Å². The fourth-order valence-corrected chi connectivity index (χ4v) is 3.41. The smallest absolute Gasteiger partial charge is 0.326 e. The van der Waals surface area contributed by atoms with Crippen LogP contribution in [0.1, 0.15) is 44.1 Å². The van der Waals surface area contributed by atoms with Gasteiger partial charge in [-0.2, -0.15) is 0 Å². The molecule has 4 atom stereocenters. The van der Waals surface area contributed by atoms with Crippen LogP contribution in [0.15, 0.2) is 24.3 Å². The molecule has 12 N–H and O–H groups in total. The van der Waals surface area contributed by atoms with Crippen molar-refractivity contribution < 1.29 is 48.9 Å². The van der Waals surface area contributed by atoms with Crippen molar-refractivity contribution in [2.24, 2.45) is 17.2 Å². The van der Waals surface area contributed by atoms with Gasteiger partial charge in [-0.05, 0) is 37.0 Å². The number of carbonyl (C=O) groups is 7. The summed E-state index contributed by atoms with van der Waals surface area (Å²) in [6.07, 6.45) is -2.14. The Labute approximate surface area is 228 Å². The summed E-state index contributed by atoms with van der Waals surface area (Å²) in [6, 6.07) is -0.125. The molecule has 0 saturated carbocycles. The molecular weight excluding hydrogens is 532 g/mol. The number of hydrogen-bond acceptors (Lipinski definition) is 9. The van der Waals surface area contributed by atoms with Gasteiger partial charge in [-0.3, -0.25) is 28.8 Å². The first kappa shape index (κ1) is 33.3. The highest BCUT2D eigenvalue weighted by Crippen LogP contribution is 2.12. The number of rotatable bonds is 18. The molecule has 220 valence electrons. The Morgan fingerprint density at radius 2 is 1.15 bits per heavy atom. The van der Waals surface area contributed by atoms with Crippen molar-refractivity contribution in [1.29, 1.82) is 0 Å². The van der Waals surface area contributed by atoms with E-state index in [0.29, 0.717) is 5.56 Å². The lowest BCUT2D eigenvalue weighted by molar-refractivity contribution is -0.142. The van der Waals surface area contributed by atoms with Gasteiger partial charge < -0.3 is 48.5 Å². The molecule has 0 aliphatic heterocycles. The Morgan fingerprint density at radius 1 is 0.675 bits per heavy atom. The molecule has 1 aromatic rings. The summed E-state index contributed by atoms with van der Waals surface area (Å²) in [5.74, 6) is -7.11. The van der Waals surface area contributed by atoms with Crippen molar-refractivity contribution in [1.82, 2.24) is 16.0 Å². The van der Waals surface area contributed by atoms with Crippen LogP contribution in [0.2, 0.25) is 0 Å². The predicted molar refractivity (Wildman–Crippen MR) is 137 cm³/mol. The molecular formula is C24H34N6O10. The number of benzene rings is 1. The van der Waals surface area contributed by atoms with E-state index in [2.05, 4.69) is 16.0 Å². The number of primary amides is 2. The topological polar surface area (TPSA) is 294 Å². The van der Waals surface area contributed by atoms with Crippen LogP contribution in [0.3, 0.4) is 0 Å². The van der Waals surface area contributed by atoms with E-state index in [-0.39, 0.29) is 44.3 Å². The van der Waals surface area contributed by atoms with Crippen molar-refractivity contribution >= 4 is 41.5 Å².